The molecule has 0 bridgehead atoms. The molecule has 1 aliphatic rings. The van der Waals surface area contributed by atoms with Crippen LogP contribution in [0, 0.1) is 5.92 Å². The van der Waals surface area contributed by atoms with Crippen molar-refractivity contribution in [2.24, 2.45) is 5.92 Å². The topological polar surface area (TPSA) is 75.8 Å². The lowest BCUT2D eigenvalue weighted by Gasteiger charge is -2.35. The van der Waals surface area contributed by atoms with Gasteiger partial charge in [0.15, 0.2) is 0 Å². The quantitative estimate of drug-likeness (QED) is 0.647. The highest BCUT2D eigenvalue weighted by molar-refractivity contribution is 5.92. The smallest absolute Gasteiger partial charge is 0.337 e. The number of hydrogen-bond donors (Lipinski definition) is 2. The third-order valence-corrected chi connectivity index (χ3v) is 3.85. The summed E-state index contributed by atoms with van der Waals surface area (Å²) in [7, 11) is 1.36. The van der Waals surface area contributed by atoms with E-state index in [9.17, 15) is 4.79 Å². The van der Waals surface area contributed by atoms with Gasteiger partial charge in [-0.25, -0.2) is 4.79 Å². The molecule has 1 aromatic carbocycles. The lowest BCUT2D eigenvalue weighted by Crippen LogP contribution is -2.36. The average Bonchev–Trinajstić information content (AvgIpc) is 2.47. The Labute approximate surface area is 119 Å². The maximum atomic E-state index is 11.5. The fraction of sp³-hybridized carbons (Fsp3) is 0.533. The second-order valence-corrected chi connectivity index (χ2v) is 5.23. The van der Waals surface area contributed by atoms with Crippen LogP contribution in [0.25, 0.3) is 0 Å². The Morgan fingerprint density at radius 3 is 3.00 bits per heavy atom. The number of esters is 1. The van der Waals surface area contributed by atoms with E-state index in [4.69, 9.17) is 10.8 Å². The molecule has 1 fully saturated rings. The van der Waals surface area contributed by atoms with Gasteiger partial charge in [0.2, 0.25) is 0 Å². The van der Waals surface area contributed by atoms with Gasteiger partial charge in [-0.05, 0) is 43.4 Å². The molecule has 0 aromatic heterocycles. The zero-order chi connectivity index (χ0) is 14.5. The van der Waals surface area contributed by atoms with Gasteiger partial charge in [-0.3, -0.25) is 0 Å². The molecule has 20 heavy (non-hydrogen) atoms. The molecule has 110 valence electrons. The van der Waals surface area contributed by atoms with E-state index in [1.165, 1.54) is 7.11 Å². The Hall–Kier alpha value is -1.75. The van der Waals surface area contributed by atoms with Crippen LogP contribution in [0.4, 0.5) is 11.4 Å². The minimum atomic E-state index is -0.375. The summed E-state index contributed by atoms with van der Waals surface area (Å²) in [6.07, 6.45) is 3.08. The van der Waals surface area contributed by atoms with Gasteiger partial charge in [-0.2, -0.15) is 0 Å². The van der Waals surface area contributed by atoms with Crippen molar-refractivity contribution >= 4 is 17.3 Å². The van der Waals surface area contributed by atoms with Crippen LogP contribution in [0.5, 0.6) is 0 Å². The summed E-state index contributed by atoms with van der Waals surface area (Å²) in [6, 6.07) is 5.28. The molecule has 1 saturated heterocycles. The van der Waals surface area contributed by atoms with Crippen LogP contribution in [0.1, 0.15) is 29.6 Å². The molecule has 5 heteroatoms. The van der Waals surface area contributed by atoms with Crippen molar-refractivity contribution in [1.29, 1.82) is 0 Å². The predicted octanol–water partition coefficient (Wildman–Crippen LogP) is 1.65. The summed E-state index contributed by atoms with van der Waals surface area (Å²) in [6.45, 7) is 2.10. The number of methoxy groups -OCH3 is 1. The van der Waals surface area contributed by atoms with Gasteiger partial charge in [0.1, 0.15) is 0 Å². The Kier molecular flexibility index (Phi) is 4.84. The maximum Gasteiger partial charge on any atom is 0.337 e. The first-order chi connectivity index (χ1) is 9.65. The first-order valence-corrected chi connectivity index (χ1v) is 6.99. The number of hydrogen-bond acceptors (Lipinski definition) is 5. The molecule has 1 unspecified atom stereocenters. The number of nitrogen functional groups attached to an aromatic ring is 1. The van der Waals surface area contributed by atoms with Crippen molar-refractivity contribution in [3.05, 3.63) is 23.8 Å². The Morgan fingerprint density at radius 2 is 2.35 bits per heavy atom. The SMILES string of the molecule is COC(=O)c1ccc(N2CCCC(CCO)C2)c(N)c1. The van der Waals surface area contributed by atoms with E-state index in [0.717, 1.165) is 38.0 Å². The van der Waals surface area contributed by atoms with Crippen molar-refractivity contribution in [2.75, 3.05) is 37.4 Å². The van der Waals surface area contributed by atoms with Gasteiger partial charge in [0.05, 0.1) is 24.0 Å². The Morgan fingerprint density at radius 1 is 1.55 bits per heavy atom. The zero-order valence-corrected chi connectivity index (χ0v) is 11.8. The van der Waals surface area contributed by atoms with E-state index in [1.807, 2.05) is 6.07 Å². The van der Waals surface area contributed by atoms with Crippen molar-refractivity contribution in [3.8, 4) is 0 Å². The summed E-state index contributed by atoms with van der Waals surface area (Å²) in [4.78, 5) is 13.7. The maximum absolute atomic E-state index is 11.5. The van der Waals surface area contributed by atoms with Crippen molar-refractivity contribution in [3.63, 3.8) is 0 Å². The van der Waals surface area contributed by atoms with E-state index >= 15 is 0 Å². The number of aliphatic hydroxyl groups excluding tert-OH is 1. The number of benzene rings is 1. The predicted molar refractivity (Wildman–Crippen MR) is 78.8 cm³/mol. The fourth-order valence-electron chi connectivity index (χ4n) is 2.79. The molecule has 1 heterocycles. The van der Waals surface area contributed by atoms with E-state index in [2.05, 4.69) is 9.64 Å². The Balaban J connectivity index is 2.14. The van der Waals surface area contributed by atoms with E-state index in [1.54, 1.807) is 12.1 Å². The van der Waals surface area contributed by atoms with Crippen molar-refractivity contribution in [1.82, 2.24) is 0 Å². The first kappa shape index (κ1) is 14.7. The average molecular weight is 278 g/mol. The van der Waals surface area contributed by atoms with E-state index in [0.29, 0.717) is 17.2 Å². The molecular weight excluding hydrogens is 256 g/mol. The second-order valence-electron chi connectivity index (χ2n) is 5.23. The number of ether oxygens (including phenoxy) is 1. The number of rotatable bonds is 4. The number of piperidine rings is 1. The number of anilines is 2. The van der Waals surface area contributed by atoms with Gasteiger partial charge < -0.3 is 20.5 Å². The molecule has 0 saturated carbocycles. The number of aliphatic hydroxyl groups is 1. The minimum absolute atomic E-state index is 0.231. The van der Waals surface area contributed by atoms with Crippen LogP contribution in [-0.4, -0.2) is 37.9 Å². The third kappa shape index (κ3) is 3.22. The standard InChI is InChI=1S/C15H22N2O3/c1-20-15(19)12-4-5-14(13(16)9-12)17-7-2-3-11(10-17)6-8-18/h4-5,9,11,18H,2-3,6-8,10,16H2,1H3. The lowest BCUT2D eigenvalue weighted by atomic mass is 9.94. The van der Waals surface area contributed by atoms with Gasteiger partial charge in [-0.1, -0.05) is 0 Å². The first-order valence-electron chi connectivity index (χ1n) is 6.99. The summed E-state index contributed by atoms with van der Waals surface area (Å²) in [5, 5.41) is 9.06. The van der Waals surface area contributed by atoms with Crippen LogP contribution >= 0.6 is 0 Å². The van der Waals surface area contributed by atoms with Gasteiger partial charge in [0.25, 0.3) is 0 Å². The monoisotopic (exact) mass is 278 g/mol. The van der Waals surface area contributed by atoms with Gasteiger partial charge in [-0.15, -0.1) is 0 Å². The van der Waals surface area contributed by atoms with Crippen LogP contribution in [-0.2, 0) is 4.74 Å². The molecule has 2 rings (SSSR count). The number of carbonyl (C=O) groups is 1. The summed E-state index contributed by atoms with van der Waals surface area (Å²) in [5.41, 5.74) is 8.09. The summed E-state index contributed by atoms with van der Waals surface area (Å²) < 4.78 is 4.69. The van der Waals surface area contributed by atoms with Crippen LogP contribution in [0.2, 0.25) is 0 Å². The highest BCUT2D eigenvalue weighted by Crippen LogP contribution is 2.30. The van der Waals surface area contributed by atoms with Crippen LogP contribution < -0.4 is 10.6 Å². The molecule has 0 amide bonds. The largest absolute Gasteiger partial charge is 0.465 e. The van der Waals surface area contributed by atoms with Crippen LogP contribution in [0.15, 0.2) is 18.2 Å². The fourth-order valence-corrected chi connectivity index (χ4v) is 2.79. The molecule has 0 spiro atoms. The number of nitrogens with zero attached hydrogens (tertiary/aromatic N) is 1. The number of carbonyl (C=O) groups excluding carboxylic acids is 1. The Bertz CT molecular complexity index is 474. The molecule has 0 radical (unpaired) electrons. The molecule has 1 aliphatic heterocycles. The number of nitrogens with two attached hydrogens (primary N) is 1. The highest BCUT2D eigenvalue weighted by atomic mass is 16.5. The molecule has 1 atom stereocenters. The minimum Gasteiger partial charge on any atom is -0.465 e. The van der Waals surface area contributed by atoms with Gasteiger partial charge in [0, 0.05) is 19.7 Å². The zero-order valence-electron chi connectivity index (χ0n) is 11.8. The summed E-state index contributed by atoms with van der Waals surface area (Å²) >= 11 is 0. The normalized spacial score (nSPS) is 18.9. The third-order valence-electron chi connectivity index (χ3n) is 3.85. The molecule has 3 N–H and O–H groups in total. The molecular formula is C15H22N2O3. The molecule has 0 aliphatic carbocycles. The highest BCUT2D eigenvalue weighted by Gasteiger charge is 2.21. The van der Waals surface area contributed by atoms with E-state index < -0.39 is 0 Å². The molecule has 5 nitrogen and oxygen atoms in total. The summed E-state index contributed by atoms with van der Waals surface area (Å²) in [5.74, 6) is 0.133. The van der Waals surface area contributed by atoms with Gasteiger partial charge >= 0.3 is 5.97 Å². The van der Waals surface area contributed by atoms with Crippen LogP contribution in [0.3, 0.4) is 0 Å². The second kappa shape index (κ2) is 6.61. The van der Waals surface area contributed by atoms with E-state index in [-0.39, 0.29) is 12.6 Å². The molecule has 1 aromatic rings. The lowest BCUT2D eigenvalue weighted by molar-refractivity contribution is 0.0601. The van der Waals surface area contributed by atoms with Crippen molar-refractivity contribution in [2.45, 2.75) is 19.3 Å². The van der Waals surface area contributed by atoms with Crippen molar-refractivity contribution < 1.29 is 14.6 Å².